The minimum absolute atomic E-state index is 0.0251. The van der Waals surface area contributed by atoms with Crippen LogP contribution in [0.25, 0.3) is 0 Å². The molecular weight excluding hydrogens is 282 g/mol. The van der Waals surface area contributed by atoms with Gasteiger partial charge in [0, 0.05) is 32.4 Å². The zero-order chi connectivity index (χ0) is 15.0. The quantitative estimate of drug-likeness (QED) is 0.872. The normalized spacial score (nSPS) is 16.6. The average molecular weight is 301 g/mol. The van der Waals surface area contributed by atoms with Gasteiger partial charge in [-0.2, -0.15) is 0 Å². The van der Waals surface area contributed by atoms with Crippen molar-refractivity contribution >= 4 is 22.3 Å². The van der Waals surface area contributed by atoms with Crippen LogP contribution < -0.4 is 4.90 Å². The fourth-order valence-electron chi connectivity index (χ4n) is 2.70. The number of nitrogens with zero attached hydrogens (tertiary/aromatic N) is 3. The summed E-state index contributed by atoms with van der Waals surface area (Å²) in [5.74, 6) is 0.236. The number of anilines is 1. The molecule has 4 nitrogen and oxygen atoms in total. The van der Waals surface area contributed by atoms with Crippen molar-refractivity contribution in [2.45, 2.75) is 33.2 Å². The van der Waals surface area contributed by atoms with Gasteiger partial charge in [-0.15, -0.1) is 0 Å². The highest BCUT2D eigenvalue weighted by Crippen LogP contribution is 2.39. The number of pyridine rings is 1. The zero-order valence-electron chi connectivity index (χ0n) is 12.6. The van der Waals surface area contributed by atoms with Crippen LogP contribution in [0.15, 0.2) is 24.5 Å². The molecule has 21 heavy (non-hydrogen) atoms. The van der Waals surface area contributed by atoms with Gasteiger partial charge in [0.2, 0.25) is 0 Å². The minimum atomic E-state index is 0.0251. The van der Waals surface area contributed by atoms with Gasteiger partial charge in [0.05, 0.1) is 10.6 Å². The fourth-order valence-corrected chi connectivity index (χ4v) is 3.68. The number of fused-ring (bicyclic) bond motifs is 1. The second kappa shape index (κ2) is 5.22. The van der Waals surface area contributed by atoms with E-state index in [4.69, 9.17) is 4.98 Å². The first kappa shape index (κ1) is 14.2. The first-order chi connectivity index (χ1) is 9.94. The lowest BCUT2D eigenvalue weighted by Crippen LogP contribution is -2.26. The fraction of sp³-hybridized carbons (Fsp3) is 0.438. The minimum Gasteiger partial charge on any atom is -0.347 e. The van der Waals surface area contributed by atoms with Crippen LogP contribution in [0, 0.1) is 5.41 Å². The molecule has 2 aromatic heterocycles. The predicted molar refractivity (Wildman–Crippen MR) is 84.9 cm³/mol. The summed E-state index contributed by atoms with van der Waals surface area (Å²) in [6.07, 6.45) is 5.13. The molecule has 0 aliphatic heterocycles. The Morgan fingerprint density at radius 1 is 1.38 bits per heavy atom. The van der Waals surface area contributed by atoms with Gasteiger partial charge in [0.25, 0.3) is 0 Å². The van der Waals surface area contributed by atoms with Crippen LogP contribution in [0.1, 0.15) is 41.2 Å². The van der Waals surface area contributed by atoms with Crippen molar-refractivity contribution in [3.05, 3.63) is 40.7 Å². The van der Waals surface area contributed by atoms with E-state index in [1.165, 1.54) is 11.3 Å². The smallest absolute Gasteiger partial charge is 0.186 e. The Balaban J connectivity index is 1.83. The van der Waals surface area contributed by atoms with E-state index in [2.05, 4.69) is 23.7 Å². The largest absolute Gasteiger partial charge is 0.347 e. The first-order valence-electron chi connectivity index (χ1n) is 7.07. The van der Waals surface area contributed by atoms with Gasteiger partial charge in [-0.25, -0.2) is 4.98 Å². The van der Waals surface area contributed by atoms with Crippen molar-refractivity contribution in [1.82, 2.24) is 9.97 Å². The summed E-state index contributed by atoms with van der Waals surface area (Å²) in [4.78, 5) is 24.0. The monoisotopic (exact) mass is 301 g/mol. The second-order valence-electron chi connectivity index (χ2n) is 6.43. The molecule has 5 heteroatoms. The van der Waals surface area contributed by atoms with Crippen LogP contribution in [0.2, 0.25) is 0 Å². The maximum absolute atomic E-state index is 12.2. The van der Waals surface area contributed by atoms with E-state index in [-0.39, 0.29) is 11.2 Å². The molecule has 0 saturated carbocycles. The highest BCUT2D eigenvalue weighted by atomic mass is 32.1. The Bertz CT molecular complexity index is 663. The standard InChI is InChI=1S/C16H19N3OS/c1-16(2)7-12-14(13(20)8-16)21-15(18-12)19(3)10-11-5-4-6-17-9-11/h4-6,9H,7-8,10H2,1-3H3. The molecule has 1 aliphatic carbocycles. The van der Waals surface area contributed by atoms with Crippen molar-refractivity contribution in [3.63, 3.8) is 0 Å². The van der Waals surface area contributed by atoms with Gasteiger partial charge in [0.15, 0.2) is 10.9 Å². The number of carbonyl (C=O) groups excluding carboxylic acids is 1. The summed E-state index contributed by atoms with van der Waals surface area (Å²) in [5, 5.41) is 0.912. The molecule has 0 amide bonds. The first-order valence-corrected chi connectivity index (χ1v) is 7.89. The van der Waals surface area contributed by atoms with E-state index in [0.29, 0.717) is 6.42 Å². The summed E-state index contributed by atoms with van der Waals surface area (Å²) in [6, 6.07) is 3.98. The number of ketones is 1. The highest BCUT2D eigenvalue weighted by molar-refractivity contribution is 7.17. The number of aromatic nitrogens is 2. The molecule has 0 bridgehead atoms. The van der Waals surface area contributed by atoms with Gasteiger partial charge in [-0.3, -0.25) is 9.78 Å². The molecule has 0 radical (unpaired) electrons. The second-order valence-corrected chi connectivity index (χ2v) is 7.41. The molecule has 0 fully saturated rings. The van der Waals surface area contributed by atoms with E-state index in [1.54, 1.807) is 6.20 Å². The number of thiazole rings is 1. The molecular formula is C16H19N3OS. The van der Waals surface area contributed by atoms with Gasteiger partial charge < -0.3 is 4.90 Å². The van der Waals surface area contributed by atoms with Crippen molar-refractivity contribution in [3.8, 4) is 0 Å². The Hall–Kier alpha value is -1.75. The molecule has 0 atom stereocenters. The number of rotatable bonds is 3. The summed E-state index contributed by atoms with van der Waals surface area (Å²) < 4.78 is 0. The third-order valence-corrected chi connectivity index (χ3v) is 4.95. The van der Waals surface area contributed by atoms with Gasteiger partial charge >= 0.3 is 0 Å². The highest BCUT2D eigenvalue weighted by Gasteiger charge is 2.34. The Kier molecular flexibility index (Phi) is 3.53. The number of Topliss-reactive ketones (excluding diaryl/α,β-unsaturated/α-hetero) is 1. The van der Waals surface area contributed by atoms with E-state index >= 15 is 0 Å². The van der Waals surface area contributed by atoms with E-state index in [0.717, 1.165) is 34.2 Å². The Labute approximate surface area is 128 Å². The molecule has 0 spiro atoms. The molecule has 3 rings (SSSR count). The number of hydrogen-bond donors (Lipinski definition) is 0. The lowest BCUT2D eigenvalue weighted by molar-refractivity contribution is 0.0916. The summed E-state index contributed by atoms with van der Waals surface area (Å²) >= 11 is 1.52. The molecule has 1 aliphatic rings. The average Bonchev–Trinajstić information content (AvgIpc) is 2.82. The van der Waals surface area contributed by atoms with E-state index in [1.807, 2.05) is 25.4 Å². The molecule has 2 aromatic rings. The van der Waals surface area contributed by atoms with Crippen molar-refractivity contribution < 1.29 is 4.79 Å². The number of hydrogen-bond acceptors (Lipinski definition) is 5. The van der Waals surface area contributed by atoms with Crippen molar-refractivity contribution in [2.24, 2.45) is 5.41 Å². The van der Waals surface area contributed by atoms with Crippen LogP contribution >= 0.6 is 11.3 Å². The van der Waals surface area contributed by atoms with Gasteiger partial charge in [-0.05, 0) is 23.5 Å². The number of carbonyl (C=O) groups is 1. The molecule has 0 saturated heterocycles. The molecule has 110 valence electrons. The summed E-state index contributed by atoms with van der Waals surface area (Å²) in [6.45, 7) is 5.01. The molecule has 2 heterocycles. The molecule has 0 unspecified atom stereocenters. The van der Waals surface area contributed by atoms with Gasteiger partial charge in [0.1, 0.15) is 0 Å². The van der Waals surface area contributed by atoms with Crippen LogP contribution in [0.4, 0.5) is 5.13 Å². The third-order valence-electron chi connectivity index (χ3n) is 3.69. The van der Waals surface area contributed by atoms with Crippen LogP contribution in [-0.4, -0.2) is 22.8 Å². The maximum atomic E-state index is 12.2. The Morgan fingerprint density at radius 2 is 2.19 bits per heavy atom. The molecule has 0 N–H and O–H groups in total. The van der Waals surface area contributed by atoms with Crippen molar-refractivity contribution in [1.29, 1.82) is 0 Å². The zero-order valence-corrected chi connectivity index (χ0v) is 13.4. The summed E-state index contributed by atoms with van der Waals surface area (Å²) in [7, 11) is 2.01. The Morgan fingerprint density at radius 3 is 2.90 bits per heavy atom. The third kappa shape index (κ3) is 2.97. The summed E-state index contributed by atoms with van der Waals surface area (Å²) in [5.41, 5.74) is 2.13. The van der Waals surface area contributed by atoms with Crippen LogP contribution in [-0.2, 0) is 13.0 Å². The van der Waals surface area contributed by atoms with Gasteiger partial charge in [-0.1, -0.05) is 31.3 Å². The maximum Gasteiger partial charge on any atom is 0.186 e. The predicted octanol–water partition coefficient (Wildman–Crippen LogP) is 3.33. The van der Waals surface area contributed by atoms with Crippen molar-refractivity contribution in [2.75, 3.05) is 11.9 Å². The lowest BCUT2D eigenvalue weighted by Gasteiger charge is -2.26. The SMILES string of the molecule is CN(Cc1cccnc1)c1nc2c(s1)C(=O)CC(C)(C)C2. The van der Waals surface area contributed by atoms with Crippen LogP contribution in [0.5, 0.6) is 0 Å². The lowest BCUT2D eigenvalue weighted by atomic mass is 9.78. The molecule has 0 aromatic carbocycles. The van der Waals surface area contributed by atoms with E-state index in [9.17, 15) is 4.79 Å². The van der Waals surface area contributed by atoms with E-state index < -0.39 is 0 Å². The van der Waals surface area contributed by atoms with Crippen LogP contribution in [0.3, 0.4) is 0 Å². The topological polar surface area (TPSA) is 46.1 Å².